The van der Waals surface area contributed by atoms with Gasteiger partial charge in [0.15, 0.2) is 6.17 Å². The predicted octanol–water partition coefficient (Wildman–Crippen LogP) is 1.07. The van der Waals surface area contributed by atoms with Gasteiger partial charge >= 0.3 is 6.09 Å². The van der Waals surface area contributed by atoms with E-state index in [-0.39, 0.29) is 0 Å². The average molecular weight is 275 g/mol. The molecule has 0 bridgehead atoms. The molecule has 3 rings (SSSR count). The Hall–Kier alpha value is -2.15. The number of likely N-dealkylation sites (tertiary alicyclic amines) is 1. The number of carbonyl (C=O) groups is 1. The molecule has 0 aliphatic carbocycles. The number of nitrogens with one attached hydrogen (secondary N) is 1. The van der Waals surface area contributed by atoms with Crippen LogP contribution in [0.3, 0.4) is 0 Å². The van der Waals surface area contributed by atoms with Crippen LogP contribution in [0.2, 0.25) is 0 Å². The second-order valence-electron chi connectivity index (χ2n) is 5.15. The second-order valence-corrected chi connectivity index (χ2v) is 5.15. The molecule has 106 valence electrons. The maximum absolute atomic E-state index is 11.4. The van der Waals surface area contributed by atoms with Gasteiger partial charge in [0.1, 0.15) is 11.5 Å². The van der Waals surface area contributed by atoms with E-state index in [0.29, 0.717) is 18.8 Å². The Morgan fingerprint density at radius 3 is 3.20 bits per heavy atom. The van der Waals surface area contributed by atoms with Gasteiger partial charge in [0.25, 0.3) is 0 Å². The molecule has 2 atom stereocenters. The third-order valence-electron chi connectivity index (χ3n) is 3.89. The predicted molar refractivity (Wildman–Crippen MR) is 74.7 cm³/mol. The van der Waals surface area contributed by atoms with Crippen molar-refractivity contribution in [2.75, 3.05) is 11.9 Å². The first-order valence-corrected chi connectivity index (χ1v) is 6.65. The van der Waals surface area contributed by atoms with Crippen LogP contribution in [-0.2, 0) is 0 Å². The number of pyridine rings is 1. The molecule has 4 N–H and O–H groups in total. The number of aliphatic imine (C=N–C) groups is 1. The SMILES string of the molecule is NC1(C2N=Cc3cccnc3N2)CCCCN1C(=O)O. The summed E-state index contributed by atoms with van der Waals surface area (Å²) in [4.78, 5) is 21.3. The summed E-state index contributed by atoms with van der Waals surface area (Å²) in [5, 5.41) is 12.5. The van der Waals surface area contributed by atoms with Crippen molar-refractivity contribution in [3.8, 4) is 0 Å². The maximum Gasteiger partial charge on any atom is 0.408 e. The summed E-state index contributed by atoms with van der Waals surface area (Å²) in [6.45, 7) is 0.439. The van der Waals surface area contributed by atoms with E-state index >= 15 is 0 Å². The Kier molecular flexibility index (Phi) is 3.06. The Labute approximate surface area is 116 Å². The first-order chi connectivity index (χ1) is 9.61. The van der Waals surface area contributed by atoms with Crippen molar-refractivity contribution in [1.82, 2.24) is 9.88 Å². The van der Waals surface area contributed by atoms with Crippen molar-refractivity contribution in [2.45, 2.75) is 31.1 Å². The number of rotatable bonds is 1. The molecule has 1 amide bonds. The van der Waals surface area contributed by atoms with E-state index in [4.69, 9.17) is 5.73 Å². The van der Waals surface area contributed by atoms with Crippen molar-refractivity contribution in [1.29, 1.82) is 0 Å². The van der Waals surface area contributed by atoms with Crippen molar-refractivity contribution in [2.24, 2.45) is 10.7 Å². The second kappa shape index (κ2) is 4.75. The molecule has 1 fully saturated rings. The van der Waals surface area contributed by atoms with E-state index in [1.165, 1.54) is 4.90 Å². The fraction of sp³-hybridized carbons (Fsp3) is 0.462. The lowest BCUT2D eigenvalue weighted by atomic mass is 9.92. The van der Waals surface area contributed by atoms with Crippen LogP contribution in [0.5, 0.6) is 0 Å². The van der Waals surface area contributed by atoms with E-state index in [2.05, 4.69) is 15.3 Å². The summed E-state index contributed by atoms with van der Waals surface area (Å²) in [6.07, 6.45) is 4.17. The highest BCUT2D eigenvalue weighted by atomic mass is 16.4. The van der Waals surface area contributed by atoms with Gasteiger partial charge < -0.3 is 16.2 Å². The molecule has 2 unspecified atom stereocenters. The molecule has 1 aromatic heterocycles. The molecule has 7 nitrogen and oxygen atoms in total. The van der Waals surface area contributed by atoms with Gasteiger partial charge in [-0.05, 0) is 31.4 Å². The largest absolute Gasteiger partial charge is 0.465 e. The van der Waals surface area contributed by atoms with E-state index in [1.807, 2.05) is 12.1 Å². The molecule has 0 spiro atoms. The number of anilines is 1. The molecule has 2 aliphatic heterocycles. The van der Waals surface area contributed by atoms with Gasteiger partial charge in [-0.25, -0.2) is 9.78 Å². The van der Waals surface area contributed by atoms with Crippen molar-refractivity contribution in [3.05, 3.63) is 23.9 Å². The Morgan fingerprint density at radius 1 is 1.55 bits per heavy atom. The number of carboxylic acid groups (broad SMARTS) is 1. The minimum Gasteiger partial charge on any atom is -0.465 e. The minimum atomic E-state index is -1.03. The summed E-state index contributed by atoms with van der Waals surface area (Å²) < 4.78 is 0. The molecule has 1 saturated heterocycles. The minimum absolute atomic E-state index is 0.439. The topological polar surface area (TPSA) is 104 Å². The monoisotopic (exact) mass is 275 g/mol. The first-order valence-electron chi connectivity index (χ1n) is 6.65. The van der Waals surface area contributed by atoms with Gasteiger partial charge in [-0.1, -0.05) is 0 Å². The third-order valence-corrected chi connectivity index (χ3v) is 3.89. The zero-order valence-corrected chi connectivity index (χ0v) is 11.0. The Morgan fingerprint density at radius 2 is 2.40 bits per heavy atom. The van der Waals surface area contributed by atoms with Crippen molar-refractivity contribution < 1.29 is 9.90 Å². The molecule has 7 heteroatoms. The zero-order valence-electron chi connectivity index (χ0n) is 11.0. The van der Waals surface area contributed by atoms with Crippen LogP contribution >= 0.6 is 0 Å². The number of piperidine rings is 1. The lowest BCUT2D eigenvalue weighted by Crippen LogP contribution is -2.68. The fourth-order valence-corrected chi connectivity index (χ4v) is 2.80. The van der Waals surface area contributed by atoms with Crippen LogP contribution in [0.1, 0.15) is 24.8 Å². The fourth-order valence-electron chi connectivity index (χ4n) is 2.80. The first kappa shape index (κ1) is 12.9. The van der Waals surface area contributed by atoms with E-state index in [0.717, 1.165) is 18.4 Å². The molecule has 2 aliphatic rings. The molecule has 1 aromatic rings. The number of aromatic nitrogens is 1. The van der Waals surface area contributed by atoms with E-state index < -0.39 is 17.9 Å². The van der Waals surface area contributed by atoms with Gasteiger partial charge in [0, 0.05) is 24.5 Å². The number of hydrogen-bond donors (Lipinski definition) is 3. The maximum atomic E-state index is 11.4. The van der Waals surface area contributed by atoms with Gasteiger partial charge in [0.2, 0.25) is 0 Å². The van der Waals surface area contributed by atoms with Crippen LogP contribution in [0.15, 0.2) is 23.3 Å². The van der Waals surface area contributed by atoms with Crippen LogP contribution in [-0.4, -0.2) is 45.7 Å². The molecule has 0 radical (unpaired) electrons. The van der Waals surface area contributed by atoms with Crippen LogP contribution in [0.25, 0.3) is 0 Å². The number of amides is 1. The molecular weight excluding hydrogens is 258 g/mol. The summed E-state index contributed by atoms with van der Waals surface area (Å²) >= 11 is 0. The lowest BCUT2D eigenvalue weighted by molar-refractivity contribution is 0.0394. The van der Waals surface area contributed by atoms with Gasteiger partial charge in [-0.2, -0.15) is 0 Å². The zero-order chi connectivity index (χ0) is 14.2. The van der Waals surface area contributed by atoms with Crippen molar-refractivity contribution >= 4 is 18.1 Å². The van der Waals surface area contributed by atoms with E-state index in [1.54, 1.807) is 12.4 Å². The average Bonchev–Trinajstić information content (AvgIpc) is 2.47. The Bertz CT molecular complexity index is 561. The molecule has 3 heterocycles. The smallest absolute Gasteiger partial charge is 0.408 e. The standard InChI is InChI=1S/C13H17N5O2/c14-13(5-1-2-7-18(13)12(19)20)11-16-8-9-4-3-6-15-10(9)17-11/h3-4,6,8,11H,1-2,5,7,14H2,(H,15,17)(H,19,20). The highest BCUT2D eigenvalue weighted by molar-refractivity contribution is 5.88. The molecular formula is C13H17N5O2. The summed E-state index contributed by atoms with van der Waals surface area (Å²) in [5.41, 5.74) is 6.22. The van der Waals surface area contributed by atoms with Crippen LogP contribution < -0.4 is 11.1 Å². The van der Waals surface area contributed by atoms with Crippen LogP contribution in [0.4, 0.5) is 10.6 Å². The quantitative estimate of drug-likeness (QED) is 0.711. The normalized spacial score (nSPS) is 28.6. The number of nitrogens with two attached hydrogens (primary N) is 1. The van der Waals surface area contributed by atoms with E-state index in [9.17, 15) is 9.90 Å². The highest BCUT2D eigenvalue weighted by Crippen LogP contribution is 2.31. The Balaban J connectivity index is 1.91. The van der Waals surface area contributed by atoms with Gasteiger partial charge in [0.05, 0.1) is 0 Å². The number of nitrogens with zero attached hydrogens (tertiary/aromatic N) is 3. The number of fused-ring (bicyclic) bond motifs is 1. The molecule has 0 saturated carbocycles. The third kappa shape index (κ3) is 2.00. The van der Waals surface area contributed by atoms with Crippen molar-refractivity contribution in [3.63, 3.8) is 0 Å². The summed E-state index contributed by atoms with van der Waals surface area (Å²) in [7, 11) is 0. The van der Waals surface area contributed by atoms with Crippen LogP contribution in [0, 0.1) is 0 Å². The van der Waals surface area contributed by atoms with Gasteiger partial charge in [-0.3, -0.25) is 9.89 Å². The highest BCUT2D eigenvalue weighted by Gasteiger charge is 2.45. The summed E-state index contributed by atoms with van der Waals surface area (Å²) in [5.74, 6) is 0.688. The number of hydrogen-bond acceptors (Lipinski definition) is 5. The summed E-state index contributed by atoms with van der Waals surface area (Å²) in [6, 6.07) is 3.73. The lowest BCUT2D eigenvalue weighted by Gasteiger charge is -2.46. The molecule has 0 aromatic carbocycles. The molecule has 20 heavy (non-hydrogen) atoms. The van der Waals surface area contributed by atoms with Gasteiger partial charge in [-0.15, -0.1) is 0 Å².